The number of carboxylic acid groups (broad SMARTS) is 1. The first-order valence-corrected chi connectivity index (χ1v) is 12.4. The van der Waals surface area contributed by atoms with E-state index in [1.165, 1.54) is 6.07 Å². The molecule has 3 aromatic carbocycles. The van der Waals surface area contributed by atoms with Gasteiger partial charge in [0, 0.05) is 16.3 Å². The molecule has 0 spiro atoms. The summed E-state index contributed by atoms with van der Waals surface area (Å²) in [7, 11) is -3.84. The van der Waals surface area contributed by atoms with Crippen molar-refractivity contribution in [2.75, 3.05) is 4.72 Å². The highest BCUT2D eigenvalue weighted by atomic mass is 35.5. The molecule has 0 aliphatic rings. The van der Waals surface area contributed by atoms with Crippen molar-refractivity contribution in [3.05, 3.63) is 82.9 Å². The van der Waals surface area contributed by atoms with E-state index in [4.69, 9.17) is 11.6 Å². The predicted octanol–water partition coefficient (Wildman–Crippen LogP) is 4.96. The topological polar surface area (TPSA) is 113 Å². The standard InChI is InChI=1S/C25H25ClN2O5S/c1-15(2)23(25(30)31)27-24(29)18-12-10-17(11-13-18)19-6-4-7-20(14-19)28-34(32,33)22-9-5-8-21(26)16(22)3/h4-15,23,28H,1-3H3,(H,27,29)(H,30,31)/t23-/m0/s1. The van der Waals surface area contributed by atoms with E-state index in [0.717, 1.165) is 11.1 Å². The largest absolute Gasteiger partial charge is 0.480 e. The van der Waals surface area contributed by atoms with Crippen molar-refractivity contribution in [2.45, 2.75) is 31.7 Å². The predicted molar refractivity (Wildman–Crippen MR) is 133 cm³/mol. The molecule has 9 heteroatoms. The Balaban J connectivity index is 1.80. The zero-order valence-electron chi connectivity index (χ0n) is 18.9. The summed E-state index contributed by atoms with van der Waals surface area (Å²) in [5.41, 5.74) is 2.66. The minimum atomic E-state index is -3.84. The second kappa shape index (κ2) is 10.3. The van der Waals surface area contributed by atoms with E-state index in [1.807, 2.05) is 6.07 Å². The van der Waals surface area contributed by atoms with Gasteiger partial charge in [-0.1, -0.05) is 55.8 Å². The van der Waals surface area contributed by atoms with Gasteiger partial charge in [0.05, 0.1) is 4.90 Å². The lowest BCUT2D eigenvalue weighted by atomic mass is 10.0. The van der Waals surface area contributed by atoms with Crippen molar-refractivity contribution in [1.82, 2.24) is 5.32 Å². The normalized spacial score (nSPS) is 12.3. The van der Waals surface area contributed by atoms with Crippen molar-refractivity contribution < 1.29 is 23.1 Å². The Hall–Kier alpha value is -3.36. The Kier molecular flexibility index (Phi) is 7.64. The lowest BCUT2D eigenvalue weighted by Crippen LogP contribution is -2.44. The van der Waals surface area contributed by atoms with E-state index >= 15 is 0 Å². The molecule has 1 atom stereocenters. The van der Waals surface area contributed by atoms with Crippen LogP contribution in [0.2, 0.25) is 5.02 Å². The summed E-state index contributed by atoms with van der Waals surface area (Å²) in [6.45, 7) is 5.08. The Morgan fingerprint density at radius 1 is 0.941 bits per heavy atom. The van der Waals surface area contributed by atoms with Gasteiger partial charge in [-0.2, -0.15) is 0 Å². The second-order valence-corrected chi connectivity index (χ2v) is 10.2. The molecule has 0 aliphatic carbocycles. The molecule has 0 unspecified atom stereocenters. The zero-order chi connectivity index (χ0) is 25.0. The van der Waals surface area contributed by atoms with Gasteiger partial charge in [0.2, 0.25) is 0 Å². The van der Waals surface area contributed by atoms with Gasteiger partial charge in [0.1, 0.15) is 6.04 Å². The van der Waals surface area contributed by atoms with Gasteiger partial charge in [-0.3, -0.25) is 9.52 Å². The molecule has 0 saturated carbocycles. The Labute approximate surface area is 203 Å². The number of hydrogen-bond acceptors (Lipinski definition) is 4. The minimum absolute atomic E-state index is 0.0989. The van der Waals surface area contributed by atoms with Crippen LogP contribution in [0.1, 0.15) is 29.8 Å². The van der Waals surface area contributed by atoms with E-state index in [9.17, 15) is 23.1 Å². The third-order valence-corrected chi connectivity index (χ3v) is 7.26. The summed E-state index contributed by atoms with van der Waals surface area (Å²) < 4.78 is 28.3. The van der Waals surface area contributed by atoms with Gasteiger partial charge >= 0.3 is 5.97 Å². The van der Waals surface area contributed by atoms with Gasteiger partial charge in [-0.05, 0) is 65.9 Å². The summed E-state index contributed by atoms with van der Waals surface area (Å²) in [5.74, 6) is -1.83. The van der Waals surface area contributed by atoms with Gasteiger partial charge in [0.25, 0.3) is 15.9 Å². The first-order chi connectivity index (χ1) is 16.0. The quantitative estimate of drug-likeness (QED) is 0.405. The molecule has 3 aromatic rings. The third-order valence-electron chi connectivity index (χ3n) is 5.32. The molecule has 7 nitrogen and oxygen atoms in total. The number of hydrogen-bond donors (Lipinski definition) is 3. The van der Waals surface area contributed by atoms with E-state index < -0.39 is 27.9 Å². The van der Waals surface area contributed by atoms with Crippen LogP contribution in [0.3, 0.4) is 0 Å². The number of anilines is 1. The Morgan fingerprint density at radius 3 is 2.21 bits per heavy atom. The van der Waals surface area contributed by atoms with Crippen LogP contribution in [0.5, 0.6) is 0 Å². The molecule has 3 N–H and O–H groups in total. The van der Waals surface area contributed by atoms with Crippen LogP contribution >= 0.6 is 11.6 Å². The SMILES string of the molecule is Cc1c(Cl)cccc1S(=O)(=O)Nc1cccc(-c2ccc(C(=O)N[C@H](C(=O)O)C(C)C)cc2)c1. The number of carbonyl (C=O) groups excluding carboxylic acids is 1. The van der Waals surface area contributed by atoms with Gasteiger partial charge < -0.3 is 10.4 Å². The highest BCUT2D eigenvalue weighted by Gasteiger charge is 2.24. The number of sulfonamides is 1. The number of nitrogens with one attached hydrogen (secondary N) is 2. The van der Waals surface area contributed by atoms with Crippen LogP contribution in [-0.2, 0) is 14.8 Å². The molecule has 178 valence electrons. The molecule has 0 bridgehead atoms. The summed E-state index contributed by atoms with van der Waals surface area (Å²) in [6, 6.07) is 17.2. The lowest BCUT2D eigenvalue weighted by Gasteiger charge is -2.18. The fourth-order valence-electron chi connectivity index (χ4n) is 3.40. The average molecular weight is 501 g/mol. The number of aliphatic carboxylic acids is 1. The minimum Gasteiger partial charge on any atom is -0.480 e. The lowest BCUT2D eigenvalue weighted by molar-refractivity contribution is -0.140. The molecule has 0 saturated heterocycles. The van der Waals surface area contributed by atoms with Crippen molar-refractivity contribution in [3.8, 4) is 11.1 Å². The highest BCUT2D eigenvalue weighted by molar-refractivity contribution is 7.92. The number of halogens is 1. The van der Waals surface area contributed by atoms with Gasteiger partial charge in [0.15, 0.2) is 0 Å². The van der Waals surface area contributed by atoms with E-state index in [0.29, 0.717) is 21.8 Å². The first-order valence-electron chi connectivity index (χ1n) is 10.5. The van der Waals surface area contributed by atoms with Crippen LogP contribution < -0.4 is 10.0 Å². The summed E-state index contributed by atoms with van der Waals surface area (Å²) in [5, 5.41) is 12.2. The van der Waals surface area contributed by atoms with Crippen molar-refractivity contribution in [2.24, 2.45) is 5.92 Å². The summed E-state index contributed by atoms with van der Waals surface area (Å²) >= 11 is 6.07. The second-order valence-electron chi connectivity index (χ2n) is 8.16. The van der Waals surface area contributed by atoms with Crippen molar-refractivity contribution >= 4 is 39.2 Å². The van der Waals surface area contributed by atoms with Gasteiger partial charge in [-0.15, -0.1) is 0 Å². The Bertz CT molecular complexity index is 1320. The maximum atomic E-state index is 12.9. The maximum absolute atomic E-state index is 12.9. The van der Waals surface area contributed by atoms with E-state index in [-0.39, 0.29) is 10.8 Å². The van der Waals surface area contributed by atoms with Gasteiger partial charge in [-0.25, -0.2) is 13.2 Å². The van der Waals surface area contributed by atoms with E-state index in [2.05, 4.69) is 10.0 Å². The molecule has 34 heavy (non-hydrogen) atoms. The molecule has 0 aliphatic heterocycles. The number of carboxylic acids is 1. The smallest absolute Gasteiger partial charge is 0.326 e. The molecular formula is C25H25ClN2O5S. The number of benzene rings is 3. The molecule has 0 aromatic heterocycles. The van der Waals surface area contributed by atoms with Crippen LogP contribution in [0.25, 0.3) is 11.1 Å². The monoisotopic (exact) mass is 500 g/mol. The van der Waals surface area contributed by atoms with Crippen LogP contribution in [0.15, 0.2) is 71.6 Å². The molecule has 0 fully saturated rings. The van der Waals surface area contributed by atoms with Crippen molar-refractivity contribution in [1.29, 1.82) is 0 Å². The Morgan fingerprint density at radius 2 is 1.59 bits per heavy atom. The molecular weight excluding hydrogens is 476 g/mol. The highest BCUT2D eigenvalue weighted by Crippen LogP contribution is 2.27. The molecule has 1 amide bonds. The summed E-state index contributed by atoms with van der Waals surface area (Å²) in [6.07, 6.45) is 0. The third kappa shape index (κ3) is 5.76. The zero-order valence-corrected chi connectivity index (χ0v) is 20.4. The van der Waals surface area contributed by atoms with E-state index in [1.54, 1.807) is 75.4 Å². The maximum Gasteiger partial charge on any atom is 0.326 e. The number of carbonyl (C=O) groups is 2. The number of amides is 1. The van der Waals surface area contributed by atoms with Crippen LogP contribution in [-0.4, -0.2) is 31.4 Å². The van der Waals surface area contributed by atoms with Crippen LogP contribution in [0.4, 0.5) is 5.69 Å². The number of rotatable bonds is 8. The summed E-state index contributed by atoms with van der Waals surface area (Å²) in [4.78, 5) is 23.9. The molecule has 0 heterocycles. The first kappa shape index (κ1) is 25.3. The molecule has 0 radical (unpaired) electrons. The van der Waals surface area contributed by atoms with Crippen molar-refractivity contribution in [3.63, 3.8) is 0 Å². The van der Waals surface area contributed by atoms with Crippen LogP contribution in [0, 0.1) is 12.8 Å². The molecule has 3 rings (SSSR count). The fraction of sp³-hybridized carbons (Fsp3) is 0.200. The average Bonchev–Trinajstić information content (AvgIpc) is 2.78. The fourth-order valence-corrected chi connectivity index (χ4v) is 4.95.